The summed E-state index contributed by atoms with van der Waals surface area (Å²) in [6.45, 7) is 3.49. The van der Waals surface area contributed by atoms with Crippen LogP contribution in [0, 0.1) is 5.92 Å². The van der Waals surface area contributed by atoms with Crippen molar-refractivity contribution in [1.29, 1.82) is 0 Å². The van der Waals surface area contributed by atoms with Crippen LogP contribution in [0.1, 0.15) is 13.8 Å². The second-order valence-corrected chi connectivity index (χ2v) is 10.3. The average Bonchev–Trinajstić information content (AvgIpc) is 2.98. The normalized spacial score (nSPS) is 12.3. The van der Waals surface area contributed by atoms with E-state index in [1.54, 1.807) is 13.8 Å². The molecule has 7 nitrogen and oxygen atoms in total. The summed E-state index contributed by atoms with van der Waals surface area (Å²) in [5, 5.41) is 7.65. The summed E-state index contributed by atoms with van der Waals surface area (Å²) in [6.07, 6.45) is 0. The van der Waals surface area contributed by atoms with Crippen molar-refractivity contribution in [2.75, 3.05) is 5.32 Å². The van der Waals surface area contributed by atoms with Crippen molar-refractivity contribution in [3.63, 3.8) is 0 Å². The topological polar surface area (TPSA) is 123 Å². The van der Waals surface area contributed by atoms with E-state index in [0.717, 1.165) is 6.07 Å². The highest BCUT2D eigenvalue weighted by molar-refractivity contribution is 7.95. The van der Waals surface area contributed by atoms with Crippen LogP contribution >= 0.6 is 11.3 Å². The predicted octanol–water partition coefficient (Wildman–Crippen LogP) is 1.82. The summed E-state index contributed by atoms with van der Waals surface area (Å²) in [5.74, 6) is -0.377. The number of hydrogen-bond acceptors (Lipinski definition) is 6. The van der Waals surface area contributed by atoms with Crippen LogP contribution in [0.15, 0.2) is 49.7 Å². The zero-order valence-electron chi connectivity index (χ0n) is 12.9. The molecule has 24 heavy (non-hydrogen) atoms. The van der Waals surface area contributed by atoms with E-state index in [4.69, 9.17) is 5.14 Å². The fraction of sp³-hybridized carbons (Fsp3) is 0.214. The summed E-state index contributed by atoms with van der Waals surface area (Å²) >= 11 is 0.590. The molecule has 0 saturated carbocycles. The largest absolute Gasteiger partial charge is 0.326 e. The summed E-state index contributed by atoms with van der Waals surface area (Å²) in [7, 11) is -7.80. The quantitative estimate of drug-likeness (QED) is 0.809. The minimum atomic E-state index is -3.95. The highest BCUT2D eigenvalue weighted by Crippen LogP contribution is 2.30. The molecule has 0 atom stereocenters. The molecule has 1 aromatic carbocycles. The molecule has 1 aromatic heterocycles. The Balaban J connectivity index is 2.30. The Morgan fingerprint density at radius 2 is 1.54 bits per heavy atom. The molecule has 10 heteroatoms. The van der Waals surface area contributed by atoms with Crippen LogP contribution in [-0.2, 0) is 24.7 Å². The van der Waals surface area contributed by atoms with E-state index in [2.05, 4.69) is 5.32 Å². The molecular formula is C14H16N2O5S3. The van der Waals surface area contributed by atoms with E-state index >= 15 is 0 Å². The van der Waals surface area contributed by atoms with Crippen LogP contribution < -0.4 is 10.5 Å². The number of carbonyl (C=O) groups is 1. The molecule has 0 bridgehead atoms. The number of sulfone groups is 1. The zero-order chi connectivity index (χ0) is 18.1. The van der Waals surface area contributed by atoms with Crippen molar-refractivity contribution < 1.29 is 21.6 Å². The number of carbonyl (C=O) groups excluding carboxylic acids is 1. The molecule has 130 valence electrons. The maximum atomic E-state index is 12.5. The SMILES string of the molecule is CC(C)C(=O)Nc1ccc(S(=O)(=O)c2ccc(S(N)(=O)=O)s2)cc1. The van der Waals surface area contributed by atoms with Gasteiger partial charge >= 0.3 is 0 Å². The van der Waals surface area contributed by atoms with Gasteiger partial charge in [0.1, 0.15) is 8.42 Å². The molecule has 0 aliphatic rings. The Kier molecular flexibility index (Phi) is 5.14. The first-order valence-corrected chi connectivity index (χ1v) is 10.6. The van der Waals surface area contributed by atoms with Gasteiger partial charge in [-0.1, -0.05) is 13.8 Å². The van der Waals surface area contributed by atoms with Crippen LogP contribution in [0.3, 0.4) is 0 Å². The van der Waals surface area contributed by atoms with Crippen LogP contribution in [-0.4, -0.2) is 22.7 Å². The molecule has 0 spiro atoms. The number of thiophene rings is 1. The predicted molar refractivity (Wildman–Crippen MR) is 91.1 cm³/mol. The molecular weight excluding hydrogens is 372 g/mol. The number of rotatable bonds is 5. The second-order valence-electron chi connectivity index (χ2n) is 5.29. The van der Waals surface area contributed by atoms with Crippen LogP contribution in [0.5, 0.6) is 0 Å². The number of nitrogens with one attached hydrogen (secondary N) is 1. The van der Waals surface area contributed by atoms with E-state index in [0.29, 0.717) is 17.0 Å². The smallest absolute Gasteiger partial charge is 0.247 e. The molecule has 0 radical (unpaired) electrons. The van der Waals surface area contributed by atoms with Crippen molar-refractivity contribution >= 4 is 42.8 Å². The lowest BCUT2D eigenvalue weighted by Crippen LogP contribution is -2.17. The molecule has 2 aromatic rings. The lowest BCUT2D eigenvalue weighted by atomic mass is 10.2. The number of anilines is 1. The van der Waals surface area contributed by atoms with Gasteiger partial charge in [0.2, 0.25) is 25.8 Å². The molecule has 1 heterocycles. The van der Waals surface area contributed by atoms with Crippen molar-refractivity contribution in [2.45, 2.75) is 27.2 Å². The number of hydrogen-bond donors (Lipinski definition) is 2. The van der Waals surface area contributed by atoms with Crippen LogP contribution in [0.4, 0.5) is 5.69 Å². The first kappa shape index (κ1) is 18.6. The Morgan fingerprint density at radius 1 is 1.00 bits per heavy atom. The van der Waals surface area contributed by atoms with Gasteiger partial charge in [-0.2, -0.15) is 0 Å². The third kappa shape index (κ3) is 4.01. The first-order chi connectivity index (χ1) is 11.0. The number of benzene rings is 1. The molecule has 2 rings (SSSR count). The van der Waals surface area contributed by atoms with Gasteiger partial charge in [0, 0.05) is 11.6 Å². The fourth-order valence-corrected chi connectivity index (χ4v) is 5.31. The summed E-state index contributed by atoms with van der Waals surface area (Å²) in [4.78, 5) is 11.6. The molecule has 3 N–H and O–H groups in total. The second kappa shape index (κ2) is 6.63. The Bertz CT molecular complexity index is 958. The van der Waals surface area contributed by atoms with Gasteiger partial charge in [-0.15, -0.1) is 11.3 Å². The third-order valence-electron chi connectivity index (χ3n) is 3.06. The minimum absolute atomic E-state index is 0.00661. The Morgan fingerprint density at radius 3 is 2.00 bits per heavy atom. The van der Waals surface area contributed by atoms with E-state index < -0.39 is 19.9 Å². The summed E-state index contributed by atoms with van der Waals surface area (Å²) < 4.78 is 47.2. The van der Waals surface area contributed by atoms with Crippen molar-refractivity contribution in [3.8, 4) is 0 Å². The van der Waals surface area contributed by atoms with Gasteiger partial charge in [-0.05, 0) is 36.4 Å². The molecule has 0 unspecified atom stereocenters. The average molecular weight is 388 g/mol. The number of primary sulfonamides is 1. The van der Waals surface area contributed by atoms with Gasteiger partial charge in [0.05, 0.1) is 4.90 Å². The Labute approximate surface area is 144 Å². The van der Waals surface area contributed by atoms with E-state index in [9.17, 15) is 21.6 Å². The van der Waals surface area contributed by atoms with Gasteiger partial charge in [-0.25, -0.2) is 22.0 Å². The third-order valence-corrected chi connectivity index (χ3v) is 7.84. The zero-order valence-corrected chi connectivity index (χ0v) is 15.3. The highest BCUT2D eigenvalue weighted by Gasteiger charge is 2.22. The fourth-order valence-electron chi connectivity index (χ4n) is 1.72. The molecule has 1 amide bonds. The van der Waals surface area contributed by atoms with E-state index in [1.165, 1.54) is 30.3 Å². The highest BCUT2D eigenvalue weighted by atomic mass is 32.3. The summed E-state index contributed by atoms with van der Waals surface area (Å²) in [5.41, 5.74) is 0.476. The minimum Gasteiger partial charge on any atom is -0.326 e. The molecule has 0 aliphatic carbocycles. The standard InChI is InChI=1S/C14H16N2O5S3/c1-9(2)14(17)16-10-3-5-11(6-4-10)23(18,19)12-7-8-13(22-12)24(15,20)21/h3-9H,1-2H3,(H,16,17)(H2,15,20,21). The van der Waals surface area contributed by atoms with E-state index in [1.807, 2.05) is 0 Å². The lowest BCUT2D eigenvalue weighted by molar-refractivity contribution is -0.118. The molecule has 0 saturated heterocycles. The van der Waals surface area contributed by atoms with Crippen molar-refractivity contribution in [1.82, 2.24) is 0 Å². The molecule has 0 fully saturated rings. The number of amides is 1. The lowest BCUT2D eigenvalue weighted by Gasteiger charge is -2.08. The first-order valence-electron chi connectivity index (χ1n) is 6.80. The van der Waals surface area contributed by atoms with Crippen LogP contribution in [0.25, 0.3) is 0 Å². The van der Waals surface area contributed by atoms with Gasteiger partial charge in [0.25, 0.3) is 0 Å². The van der Waals surface area contributed by atoms with E-state index in [-0.39, 0.29) is 25.1 Å². The van der Waals surface area contributed by atoms with Gasteiger partial charge in [-0.3, -0.25) is 4.79 Å². The summed E-state index contributed by atoms with van der Waals surface area (Å²) in [6, 6.07) is 8.00. The Hall–Kier alpha value is -1.75. The monoisotopic (exact) mass is 388 g/mol. The maximum absolute atomic E-state index is 12.5. The van der Waals surface area contributed by atoms with Crippen molar-refractivity contribution in [2.24, 2.45) is 11.1 Å². The number of sulfonamides is 1. The van der Waals surface area contributed by atoms with Crippen LogP contribution in [0.2, 0.25) is 0 Å². The number of nitrogens with two attached hydrogens (primary N) is 1. The van der Waals surface area contributed by atoms with Crippen molar-refractivity contribution in [3.05, 3.63) is 36.4 Å². The maximum Gasteiger partial charge on any atom is 0.247 e. The molecule has 0 aliphatic heterocycles. The van der Waals surface area contributed by atoms with Gasteiger partial charge < -0.3 is 5.32 Å². The van der Waals surface area contributed by atoms with Gasteiger partial charge in [0.15, 0.2) is 0 Å².